The Hall–Kier alpha value is -2.38. The van der Waals surface area contributed by atoms with Gasteiger partial charge in [0.1, 0.15) is 6.26 Å². The van der Waals surface area contributed by atoms with Crippen molar-refractivity contribution < 1.29 is 8.94 Å². The first kappa shape index (κ1) is 15.2. The number of hydrogen-bond donors (Lipinski definition) is 0. The Kier molecular flexibility index (Phi) is 4.18. The third-order valence-corrected chi connectivity index (χ3v) is 4.36. The van der Waals surface area contributed by atoms with E-state index in [-0.39, 0.29) is 0 Å². The maximum atomic E-state index is 6.22. The summed E-state index contributed by atoms with van der Waals surface area (Å²) in [6.07, 6.45) is 6.63. The van der Waals surface area contributed by atoms with E-state index in [1.165, 1.54) is 0 Å². The lowest BCUT2D eigenvalue weighted by atomic mass is 10.2. The maximum absolute atomic E-state index is 6.22. The zero-order chi connectivity index (χ0) is 16.4. The van der Waals surface area contributed by atoms with Gasteiger partial charge in [0, 0.05) is 38.6 Å². The Morgan fingerprint density at radius 3 is 2.79 bits per heavy atom. The summed E-state index contributed by atoms with van der Waals surface area (Å²) in [4.78, 5) is 13.0. The Morgan fingerprint density at radius 2 is 2.04 bits per heavy atom. The molecule has 1 fully saturated rings. The van der Waals surface area contributed by atoms with Gasteiger partial charge in [-0.2, -0.15) is 4.98 Å². The van der Waals surface area contributed by atoms with E-state index in [9.17, 15) is 0 Å². The lowest BCUT2D eigenvalue weighted by Crippen LogP contribution is -2.46. The molecule has 3 aromatic rings. The van der Waals surface area contributed by atoms with Gasteiger partial charge in [0.25, 0.3) is 5.89 Å². The molecule has 124 valence electrons. The van der Waals surface area contributed by atoms with Gasteiger partial charge in [0.15, 0.2) is 5.82 Å². The number of nitrogens with zero attached hydrogens (tertiary/aromatic N) is 5. The molecule has 0 N–H and O–H groups in total. The van der Waals surface area contributed by atoms with E-state index in [1.807, 2.05) is 6.07 Å². The van der Waals surface area contributed by atoms with Crippen LogP contribution in [0.4, 0.5) is 5.69 Å². The van der Waals surface area contributed by atoms with E-state index < -0.39 is 0 Å². The smallest absolute Gasteiger partial charge is 0.261 e. The highest BCUT2D eigenvalue weighted by atomic mass is 35.5. The topological polar surface area (TPSA) is 71.4 Å². The molecule has 0 bridgehead atoms. The van der Waals surface area contributed by atoms with E-state index >= 15 is 0 Å². The summed E-state index contributed by atoms with van der Waals surface area (Å²) in [5.41, 5.74) is 1.83. The minimum absolute atomic E-state index is 0.487. The minimum atomic E-state index is 0.487. The summed E-state index contributed by atoms with van der Waals surface area (Å²) in [6.45, 7) is 4.29. The first-order valence-corrected chi connectivity index (χ1v) is 8.09. The van der Waals surface area contributed by atoms with Crippen LogP contribution in [0.1, 0.15) is 5.82 Å². The van der Waals surface area contributed by atoms with Crippen LogP contribution >= 0.6 is 11.6 Å². The molecular weight excluding hydrogens is 330 g/mol. The monoisotopic (exact) mass is 345 g/mol. The second-order valence-corrected chi connectivity index (χ2v) is 6.03. The molecule has 24 heavy (non-hydrogen) atoms. The van der Waals surface area contributed by atoms with E-state index in [2.05, 4.69) is 24.9 Å². The summed E-state index contributed by atoms with van der Waals surface area (Å²) in [5, 5.41) is 4.73. The van der Waals surface area contributed by atoms with E-state index in [0.29, 0.717) is 23.3 Å². The van der Waals surface area contributed by atoms with Gasteiger partial charge in [0.2, 0.25) is 0 Å². The van der Waals surface area contributed by atoms with E-state index in [0.717, 1.165) is 37.4 Å². The molecule has 0 aliphatic carbocycles. The Labute approximate surface area is 143 Å². The number of furan rings is 1. The van der Waals surface area contributed by atoms with E-state index in [4.69, 9.17) is 20.5 Å². The summed E-state index contributed by atoms with van der Waals surface area (Å²) in [5.74, 6) is 1.17. The van der Waals surface area contributed by atoms with Crippen LogP contribution in [0.25, 0.3) is 11.5 Å². The number of piperazine rings is 1. The zero-order valence-corrected chi connectivity index (χ0v) is 13.7. The molecular formula is C16H16ClN5O2. The quantitative estimate of drug-likeness (QED) is 0.719. The fourth-order valence-corrected chi connectivity index (χ4v) is 3.03. The molecule has 4 heterocycles. The average molecular weight is 346 g/mol. The SMILES string of the molecule is Clc1cnccc1N1CCN(Cc2noc(-c3ccoc3)n2)CC1. The van der Waals surface area contributed by atoms with Crippen molar-refractivity contribution >= 4 is 17.3 Å². The van der Waals surface area contributed by atoms with Gasteiger partial charge < -0.3 is 13.8 Å². The van der Waals surface area contributed by atoms with Crippen LogP contribution in [0.5, 0.6) is 0 Å². The number of pyridine rings is 1. The summed E-state index contributed by atoms with van der Waals surface area (Å²) < 4.78 is 10.3. The van der Waals surface area contributed by atoms with Crippen LogP contribution < -0.4 is 4.90 Å². The van der Waals surface area contributed by atoms with Gasteiger partial charge >= 0.3 is 0 Å². The molecule has 0 aromatic carbocycles. The Bertz CT molecular complexity index is 796. The lowest BCUT2D eigenvalue weighted by molar-refractivity contribution is 0.240. The predicted molar refractivity (Wildman–Crippen MR) is 88.7 cm³/mol. The second-order valence-electron chi connectivity index (χ2n) is 5.62. The molecule has 1 saturated heterocycles. The molecule has 0 radical (unpaired) electrons. The number of hydrogen-bond acceptors (Lipinski definition) is 7. The summed E-state index contributed by atoms with van der Waals surface area (Å²) in [6, 6.07) is 3.75. The normalized spacial score (nSPS) is 15.8. The van der Waals surface area contributed by atoms with Gasteiger partial charge in [0.05, 0.1) is 29.1 Å². The van der Waals surface area contributed by atoms with Gasteiger partial charge in [-0.25, -0.2) is 0 Å². The van der Waals surface area contributed by atoms with Crippen molar-refractivity contribution in [3.05, 3.63) is 47.9 Å². The van der Waals surface area contributed by atoms with Crippen LogP contribution in [0.2, 0.25) is 5.02 Å². The fourth-order valence-electron chi connectivity index (χ4n) is 2.79. The van der Waals surface area contributed by atoms with Crippen LogP contribution in [0.15, 0.2) is 46.0 Å². The van der Waals surface area contributed by atoms with Gasteiger partial charge in [-0.05, 0) is 12.1 Å². The minimum Gasteiger partial charge on any atom is -0.472 e. The maximum Gasteiger partial charge on any atom is 0.261 e. The lowest BCUT2D eigenvalue weighted by Gasteiger charge is -2.35. The predicted octanol–water partition coefficient (Wildman–Crippen LogP) is 2.70. The van der Waals surface area contributed by atoms with Crippen LogP contribution in [0.3, 0.4) is 0 Å². The Balaban J connectivity index is 1.36. The second kappa shape index (κ2) is 6.62. The van der Waals surface area contributed by atoms with Crippen LogP contribution in [-0.4, -0.2) is 46.2 Å². The van der Waals surface area contributed by atoms with Gasteiger partial charge in [-0.15, -0.1) is 0 Å². The molecule has 1 aliphatic heterocycles. The molecule has 7 nitrogen and oxygen atoms in total. The van der Waals surface area contributed by atoms with Crippen molar-refractivity contribution in [2.24, 2.45) is 0 Å². The molecule has 0 atom stereocenters. The van der Waals surface area contributed by atoms with Gasteiger partial charge in [-0.1, -0.05) is 16.8 Å². The molecule has 1 aliphatic rings. The first-order chi connectivity index (χ1) is 11.8. The van der Waals surface area contributed by atoms with Crippen molar-refractivity contribution in [2.75, 3.05) is 31.1 Å². The van der Waals surface area contributed by atoms with Crippen LogP contribution in [0, 0.1) is 0 Å². The first-order valence-electron chi connectivity index (χ1n) is 7.71. The van der Waals surface area contributed by atoms with E-state index in [1.54, 1.807) is 31.0 Å². The number of rotatable bonds is 4. The highest BCUT2D eigenvalue weighted by molar-refractivity contribution is 6.33. The van der Waals surface area contributed by atoms with Crippen molar-refractivity contribution in [1.29, 1.82) is 0 Å². The third-order valence-electron chi connectivity index (χ3n) is 4.07. The van der Waals surface area contributed by atoms with Gasteiger partial charge in [-0.3, -0.25) is 9.88 Å². The highest BCUT2D eigenvalue weighted by Gasteiger charge is 2.20. The fraction of sp³-hybridized carbons (Fsp3) is 0.312. The van der Waals surface area contributed by atoms with Crippen molar-refractivity contribution in [3.8, 4) is 11.5 Å². The molecule has 0 saturated carbocycles. The third kappa shape index (κ3) is 3.13. The molecule has 0 unspecified atom stereocenters. The molecule has 3 aromatic heterocycles. The molecule has 0 spiro atoms. The van der Waals surface area contributed by atoms with Crippen molar-refractivity contribution in [3.63, 3.8) is 0 Å². The zero-order valence-electron chi connectivity index (χ0n) is 12.9. The molecule has 8 heteroatoms. The van der Waals surface area contributed by atoms with Crippen molar-refractivity contribution in [2.45, 2.75) is 6.54 Å². The number of aromatic nitrogens is 3. The largest absolute Gasteiger partial charge is 0.472 e. The summed E-state index contributed by atoms with van der Waals surface area (Å²) >= 11 is 6.22. The highest BCUT2D eigenvalue weighted by Crippen LogP contribution is 2.25. The van der Waals surface area contributed by atoms with Crippen LogP contribution in [-0.2, 0) is 6.54 Å². The van der Waals surface area contributed by atoms with Crippen molar-refractivity contribution in [1.82, 2.24) is 20.0 Å². The molecule has 0 amide bonds. The molecule has 4 rings (SSSR count). The average Bonchev–Trinajstić information content (AvgIpc) is 3.27. The summed E-state index contributed by atoms with van der Waals surface area (Å²) in [7, 11) is 0. The number of anilines is 1. The Morgan fingerprint density at radius 1 is 1.17 bits per heavy atom. The standard InChI is InChI=1S/C16H16ClN5O2/c17-13-9-18-3-1-14(13)22-6-4-21(5-7-22)10-15-19-16(24-20-15)12-2-8-23-11-12/h1-3,8-9,11H,4-7,10H2. The number of halogens is 1.